The van der Waals surface area contributed by atoms with Crippen molar-refractivity contribution in [1.82, 2.24) is 14.5 Å². The van der Waals surface area contributed by atoms with Gasteiger partial charge in [-0.05, 0) is 32.4 Å². The van der Waals surface area contributed by atoms with Crippen molar-refractivity contribution in [2.75, 3.05) is 0 Å². The van der Waals surface area contributed by atoms with Crippen molar-refractivity contribution >= 4 is 22.6 Å². The van der Waals surface area contributed by atoms with E-state index < -0.39 is 0 Å². The van der Waals surface area contributed by atoms with Crippen molar-refractivity contribution in [3.05, 3.63) is 59.7 Å². The van der Waals surface area contributed by atoms with Gasteiger partial charge in [0.05, 0.1) is 23.1 Å². The highest BCUT2D eigenvalue weighted by Gasteiger charge is 2.20. The Bertz CT molecular complexity index is 759. The number of imidazole rings is 1. The van der Waals surface area contributed by atoms with Crippen LogP contribution in [-0.4, -0.2) is 14.5 Å². The van der Waals surface area contributed by atoms with Gasteiger partial charge in [0.25, 0.3) is 0 Å². The smallest absolute Gasteiger partial charge is 0.128 e. The number of aryl methyl sites for hydroxylation is 1. The molecular formula is C17H18ClN3. The van der Waals surface area contributed by atoms with Crippen LogP contribution in [0.2, 0.25) is 0 Å². The Morgan fingerprint density at radius 2 is 1.81 bits per heavy atom. The highest BCUT2D eigenvalue weighted by molar-refractivity contribution is 6.20. The third kappa shape index (κ3) is 2.54. The van der Waals surface area contributed by atoms with Gasteiger partial charge in [-0.1, -0.05) is 29.8 Å². The van der Waals surface area contributed by atoms with E-state index in [0.717, 1.165) is 16.9 Å². The summed E-state index contributed by atoms with van der Waals surface area (Å²) in [5.74, 6) is 0.882. The number of pyridine rings is 1. The van der Waals surface area contributed by atoms with E-state index in [0.29, 0.717) is 0 Å². The summed E-state index contributed by atoms with van der Waals surface area (Å²) in [4.78, 5) is 8.80. The zero-order valence-electron chi connectivity index (χ0n) is 12.4. The predicted molar refractivity (Wildman–Crippen MR) is 86.8 cm³/mol. The molecule has 21 heavy (non-hydrogen) atoms. The number of alkyl halides is 1. The van der Waals surface area contributed by atoms with E-state index >= 15 is 0 Å². The molecule has 0 saturated carbocycles. The van der Waals surface area contributed by atoms with Crippen LogP contribution in [0.1, 0.15) is 42.2 Å². The Balaban J connectivity index is 2.17. The Kier molecular flexibility index (Phi) is 3.68. The maximum Gasteiger partial charge on any atom is 0.128 e. The molecule has 0 saturated heterocycles. The molecule has 0 N–H and O–H groups in total. The van der Waals surface area contributed by atoms with E-state index in [9.17, 15) is 0 Å². The third-order valence-corrected chi connectivity index (χ3v) is 4.02. The zero-order chi connectivity index (χ0) is 15.0. The summed E-state index contributed by atoms with van der Waals surface area (Å²) < 4.78 is 2.21. The summed E-state index contributed by atoms with van der Waals surface area (Å²) in [5.41, 5.74) is 4.46. The van der Waals surface area contributed by atoms with Gasteiger partial charge in [-0.15, -0.1) is 11.6 Å². The first kappa shape index (κ1) is 14.1. The van der Waals surface area contributed by atoms with Gasteiger partial charge in [0.15, 0.2) is 0 Å². The van der Waals surface area contributed by atoms with Crippen LogP contribution in [-0.2, 0) is 0 Å². The Morgan fingerprint density at radius 1 is 1.10 bits per heavy atom. The number of hydrogen-bond acceptors (Lipinski definition) is 2. The molecule has 3 aromatic rings. The molecule has 2 aromatic heterocycles. The van der Waals surface area contributed by atoms with E-state index in [2.05, 4.69) is 52.6 Å². The number of nitrogens with zero attached hydrogens (tertiary/aromatic N) is 3. The van der Waals surface area contributed by atoms with Crippen LogP contribution >= 0.6 is 11.6 Å². The van der Waals surface area contributed by atoms with E-state index in [4.69, 9.17) is 11.6 Å². The quantitative estimate of drug-likeness (QED) is 0.659. The second-order valence-electron chi connectivity index (χ2n) is 5.41. The topological polar surface area (TPSA) is 30.7 Å². The van der Waals surface area contributed by atoms with Crippen LogP contribution in [0.5, 0.6) is 0 Å². The molecule has 108 valence electrons. The lowest BCUT2D eigenvalue weighted by Crippen LogP contribution is -2.11. The monoisotopic (exact) mass is 299 g/mol. The van der Waals surface area contributed by atoms with Gasteiger partial charge in [-0.3, -0.25) is 4.98 Å². The molecule has 0 amide bonds. The van der Waals surface area contributed by atoms with Gasteiger partial charge in [0, 0.05) is 6.20 Å². The first-order valence-corrected chi connectivity index (χ1v) is 7.54. The standard InChI is InChI=1S/C17H18ClN3/c1-11-4-6-14(7-5-11)13(3)21-16-8-9-19-10-15(16)20-17(21)12(2)18/h4-10,12-13H,1-3H3. The lowest BCUT2D eigenvalue weighted by Gasteiger charge is -2.19. The second kappa shape index (κ2) is 5.49. The van der Waals surface area contributed by atoms with E-state index in [1.54, 1.807) is 12.4 Å². The molecule has 0 aliphatic rings. The van der Waals surface area contributed by atoms with Gasteiger partial charge in [0.1, 0.15) is 11.3 Å². The fourth-order valence-corrected chi connectivity index (χ4v) is 2.80. The lowest BCUT2D eigenvalue weighted by molar-refractivity contribution is 0.618. The van der Waals surface area contributed by atoms with Crippen LogP contribution in [0.4, 0.5) is 0 Å². The van der Waals surface area contributed by atoms with Crippen molar-refractivity contribution in [2.45, 2.75) is 32.2 Å². The minimum absolute atomic E-state index is 0.148. The molecule has 3 nitrogen and oxygen atoms in total. The number of hydrogen-bond donors (Lipinski definition) is 0. The fourth-order valence-electron chi connectivity index (χ4n) is 2.65. The first-order chi connectivity index (χ1) is 10.1. The molecule has 0 fully saturated rings. The fraction of sp³-hybridized carbons (Fsp3) is 0.294. The van der Waals surface area contributed by atoms with Crippen LogP contribution in [0.25, 0.3) is 11.0 Å². The highest BCUT2D eigenvalue weighted by Crippen LogP contribution is 2.30. The van der Waals surface area contributed by atoms with Gasteiger partial charge in [-0.2, -0.15) is 0 Å². The maximum absolute atomic E-state index is 6.33. The van der Waals surface area contributed by atoms with Gasteiger partial charge >= 0.3 is 0 Å². The maximum atomic E-state index is 6.33. The molecule has 0 aliphatic carbocycles. The van der Waals surface area contributed by atoms with Crippen molar-refractivity contribution < 1.29 is 0 Å². The molecule has 2 unspecified atom stereocenters. The minimum atomic E-state index is -0.148. The molecule has 3 rings (SSSR count). The zero-order valence-corrected chi connectivity index (χ0v) is 13.2. The summed E-state index contributed by atoms with van der Waals surface area (Å²) in [5, 5.41) is -0.148. The third-order valence-electron chi connectivity index (χ3n) is 3.82. The van der Waals surface area contributed by atoms with Crippen LogP contribution in [0, 0.1) is 6.92 Å². The summed E-state index contributed by atoms with van der Waals surface area (Å²) in [6.45, 7) is 6.22. The number of halogens is 1. The summed E-state index contributed by atoms with van der Waals surface area (Å²) in [6.07, 6.45) is 3.58. The van der Waals surface area contributed by atoms with Crippen molar-refractivity contribution in [2.24, 2.45) is 0 Å². The SMILES string of the molecule is Cc1ccc(C(C)n2c(C(C)Cl)nc3cnccc32)cc1. The van der Waals surface area contributed by atoms with Gasteiger partial charge in [0.2, 0.25) is 0 Å². The predicted octanol–water partition coefficient (Wildman–Crippen LogP) is 4.65. The number of aromatic nitrogens is 3. The number of rotatable bonds is 3. The average Bonchev–Trinajstić information content (AvgIpc) is 2.87. The Labute approximate surface area is 129 Å². The molecule has 0 radical (unpaired) electrons. The average molecular weight is 300 g/mol. The molecule has 4 heteroatoms. The Morgan fingerprint density at radius 3 is 2.48 bits per heavy atom. The molecule has 0 bridgehead atoms. The van der Waals surface area contributed by atoms with Crippen molar-refractivity contribution in [3.63, 3.8) is 0 Å². The summed E-state index contributed by atoms with van der Waals surface area (Å²) >= 11 is 6.33. The molecule has 2 atom stereocenters. The van der Waals surface area contributed by atoms with Gasteiger partial charge in [-0.25, -0.2) is 4.98 Å². The van der Waals surface area contributed by atoms with Crippen molar-refractivity contribution in [3.8, 4) is 0 Å². The largest absolute Gasteiger partial charge is 0.319 e. The summed E-state index contributed by atoms with van der Waals surface area (Å²) in [6, 6.07) is 10.8. The minimum Gasteiger partial charge on any atom is -0.319 e. The van der Waals surface area contributed by atoms with Crippen molar-refractivity contribution in [1.29, 1.82) is 0 Å². The summed E-state index contributed by atoms with van der Waals surface area (Å²) in [7, 11) is 0. The van der Waals surface area contributed by atoms with E-state index in [-0.39, 0.29) is 11.4 Å². The second-order valence-corrected chi connectivity index (χ2v) is 6.06. The molecule has 0 aliphatic heterocycles. The van der Waals surface area contributed by atoms with Crippen LogP contribution in [0.3, 0.4) is 0 Å². The molecular weight excluding hydrogens is 282 g/mol. The molecule has 2 heterocycles. The number of benzene rings is 1. The van der Waals surface area contributed by atoms with E-state index in [1.807, 2.05) is 13.0 Å². The van der Waals surface area contributed by atoms with Crippen LogP contribution < -0.4 is 0 Å². The van der Waals surface area contributed by atoms with Gasteiger partial charge < -0.3 is 4.57 Å². The highest BCUT2D eigenvalue weighted by atomic mass is 35.5. The molecule has 1 aromatic carbocycles. The van der Waals surface area contributed by atoms with Crippen LogP contribution in [0.15, 0.2) is 42.7 Å². The Hall–Kier alpha value is -1.87. The lowest BCUT2D eigenvalue weighted by atomic mass is 10.1. The normalized spacial score (nSPS) is 14.3. The number of fused-ring (bicyclic) bond motifs is 1. The first-order valence-electron chi connectivity index (χ1n) is 7.10. The van der Waals surface area contributed by atoms with E-state index in [1.165, 1.54) is 11.1 Å². The molecule has 0 spiro atoms.